The monoisotopic (exact) mass is 244 g/mol. The average molecular weight is 244 g/mol. The van der Waals surface area contributed by atoms with E-state index in [0.717, 1.165) is 36.7 Å². The summed E-state index contributed by atoms with van der Waals surface area (Å²) in [6, 6.07) is 9.70. The van der Waals surface area contributed by atoms with Gasteiger partial charge in [0.2, 0.25) is 0 Å². The molecule has 0 radical (unpaired) electrons. The van der Waals surface area contributed by atoms with Crippen molar-refractivity contribution in [2.75, 3.05) is 6.54 Å². The van der Waals surface area contributed by atoms with E-state index >= 15 is 0 Å². The first-order valence-electron chi connectivity index (χ1n) is 6.57. The Labute approximate surface area is 106 Å². The molecule has 2 aromatic rings. The van der Waals surface area contributed by atoms with Crippen LogP contribution in [-0.4, -0.2) is 17.6 Å². The molecule has 1 aliphatic heterocycles. The van der Waals surface area contributed by atoms with Crippen molar-refractivity contribution in [2.24, 2.45) is 0 Å². The standard InChI is InChI=1S/C15H17FN2/c16-15(14-7-3-4-8-17-14)12-9-11-5-1-2-6-13(11)18-10-12/h1-2,5-6,9-10,14-15,17H,3-4,7-8H2. The van der Waals surface area contributed by atoms with E-state index in [4.69, 9.17) is 0 Å². The minimum Gasteiger partial charge on any atom is -0.311 e. The Hall–Kier alpha value is -1.48. The summed E-state index contributed by atoms with van der Waals surface area (Å²) in [5.41, 5.74) is 1.61. The van der Waals surface area contributed by atoms with Gasteiger partial charge >= 0.3 is 0 Å². The molecule has 2 nitrogen and oxygen atoms in total. The van der Waals surface area contributed by atoms with Crippen LogP contribution in [0, 0.1) is 0 Å². The fourth-order valence-electron chi connectivity index (χ4n) is 2.60. The summed E-state index contributed by atoms with van der Waals surface area (Å²) in [6.45, 7) is 0.923. The maximum absolute atomic E-state index is 14.4. The largest absolute Gasteiger partial charge is 0.311 e. The summed E-state index contributed by atoms with van der Waals surface area (Å²) in [4.78, 5) is 4.33. The number of rotatable bonds is 2. The van der Waals surface area contributed by atoms with Crippen molar-refractivity contribution in [3.8, 4) is 0 Å². The first-order chi connectivity index (χ1) is 8.84. The second-order valence-electron chi connectivity index (χ2n) is 4.92. The smallest absolute Gasteiger partial charge is 0.142 e. The van der Waals surface area contributed by atoms with Crippen molar-refractivity contribution in [1.29, 1.82) is 0 Å². The number of nitrogens with one attached hydrogen (secondary N) is 1. The Morgan fingerprint density at radius 3 is 3.00 bits per heavy atom. The van der Waals surface area contributed by atoms with E-state index in [1.807, 2.05) is 30.3 Å². The summed E-state index contributed by atoms with van der Waals surface area (Å²) in [5, 5.41) is 4.27. The molecule has 2 atom stereocenters. The second-order valence-corrected chi connectivity index (χ2v) is 4.92. The summed E-state index contributed by atoms with van der Waals surface area (Å²) < 4.78 is 14.4. The first kappa shape index (κ1) is 11.6. The van der Waals surface area contributed by atoms with Gasteiger partial charge in [0, 0.05) is 23.2 Å². The lowest BCUT2D eigenvalue weighted by Gasteiger charge is -2.26. The van der Waals surface area contributed by atoms with Crippen LogP contribution in [0.5, 0.6) is 0 Å². The molecule has 1 aliphatic rings. The van der Waals surface area contributed by atoms with Gasteiger partial charge in [-0.15, -0.1) is 0 Å². The lowest BCUT2D eigenvalue weighted by molar-refractivity contribution is 0.221. The molecule has 0 amide bonds. The number of hydrogen-bond donors (Lipinski definition) is 1. The number of alkyl halides is 1. The number of hydrogen-bond acceptors (Lipinski definition) is 2. The van der Waals surface area contributed by atoms with Gasteiger partial charge in [-0.1, -0.05) is 24.6 Å². The minimum atomic E-state index is -0.956. The summed E-state index contributed by atoms with van der Waals surface area (Å²) in [5.74, 6) is 0. The molecule has 0 aliphatic carbocycles. The highest BCUT2D eigenvalue weighted by Crippen LogP contribution is 2.27. The van der Waals surface area contributed by atoms with E-state index in [9.17, 15) is 4.39 Å². The zero-order chi connectivity index (χ0) is 12.4. The molecule has 2 heterocycles. The van der Waals surface area contributed by atoms with Gasteiger partial charge in [0.25, 0.3) is 0 Å². The van der Waals surface area contributed by atoms with E-state index in [0.29, 0.717) is 5.56 Å². The molecule has 2 unspecified atom stereocenters. The molecular weight excluding hydrogens is 227 g/mol. The molecule has 1 N–H and O–H groups in total. The van der Waals surface area contributed by atoms with Crippen LogP contribution in [0.25, 0.3) is 10.9 Å². The third-order valence-corrected chi connectivity index (χ3v) is 3.63. The highest BCUT2D eigenvalue weighted by atomic mass is 19.1. The van der Waals surface area contributed by atoms with Crippen LogP contribution in [0.15, 0.2) is 36.5 Å². The Morgan fingerprint density at radius 1 is 1.28 bits per heavy atom. The zero-order valence-corrected chi connectivity index (χ0v) is 10.3. The van der Waals surface area contributed by atoms with Gasteiger partial charge in [0.1, 0.15) is 6.17 Å². The van der Waals surface area contributed by atoms with Crippen LogP contribution in [-0.2, 0) is 0 Å². The maximum atomic E-state index is 14.4. The average Bonchev–Trinajstić information content (AvgIpc) is 2.47. The number of halogens is 1. The fraction of sp³-hybridized carbons (Fsp3) is 0.400. The molecule has 1 saturated heterocycles. The van der Waals surface area contributed by atoms with E-state index in [1.165, 1.54) is 0 Å². The number of fused-ring (bicyclic) bond motifs is 1. The third kappa shape index (κ3) is 2.23. The maximum Gasteiger partial charge on any atom is 0.142 e. The van der Waals surface area contributed by atoms with Gasteiger partial charge < -0.3 is 5.32 Å². The molecule has 1 aromatic heterocycles. The number of benzene rings is 1. The molecule has 0 spiro atoms. The predicted molar refractivity (Wildman–Crippen MR) is 71.2 cm³/mol. The molecule has 94 valence electrons. The van der Waals surface area contributed by atoms with Crippen molar-refractivity contribution in [1.82, 2.24) is 10.3 Å². The van der Waals surface area contributed by atoms with Crippen LogP contribution in [0.4, 0.5) is 4.39 Å². The van der Waals surface area contributed by atoms with Crippen molar-refractivity contribution in [3.05, 3.63) is 42.1 Å². The van der Waals surface area contributed by atoms with E-state index in [2.05, 4.69) is 10.3 Å². The van der Waals surface area contributed by atoms with E-state index < -0.39 is 6.17 Å². The number of aromatic nitrogens is 1. The van der Waals surface area contributed by atoms with Gasteiger partial charge in [-0.3, -0.25) is 4.98 Å². The third-order valence-electron chi connectivity index (χ3n) is 3.63. The van der Waals surface area contributed by atoms with E-state index in [-0.39, 0.29) is 6.04 Å². The Kier molecular flexibility index (Phi) is 3.24. The Morgan fingerprint density at radius 2 is 2.17 bits per heavy atom. The minimum absolute atomic E-state index is 0.0540. The number of piperidine rings is 1. The number of nitrogens with zero attached hydrogens (tertiary/aromatic N) is 1. The van der Waals surface area contributed by atoms with Crippen molar-refractivity contribution in [3.63, 3.8) is 0 Å². The SMILES string of the molecule is FC(c1cnc2ccccc2c1)C1CCCCN1. The lowest BCUT2D eigenvalue weighted by atomic mass is 9.96. The molecule has 3 heteroatoms. The number of para-hydroxylation sites is 1. The van der Waals surface area contributed by atoms with Crippen LogP contribution in [0.2, 0.25) is 0 Å². The number of pyridine rings is 1. The van der Waals surface area contributed by atoms with Crippen LogP contribution >= 0.6 is 0 Å². The van der Waals surface area contributed by atoms with Crippen LogP contribution in [0.3, 0.4) is 0 Å². The van der Waals surface area contributed by atoms with E-state index in [1.54, 1.807) is 6.20 Å². The zero-order valence-electron chi connectivity index (χ0n) is 10.3. The van der Waals surface area contributed by atoms with Gasteiger partial charge in [0.05, 0.1) is 5.52 Å². The topological polar surface area (TPSA) is 24.9 Å². The van der Waals surface area contributed by atoms with Gasteiger partial charge in [-0.05, 0) is 31.5 Å². The quantitative estimate of drug-likeness (QED) is 0.876. The summed E-state index contributed by atoms with van der Waals surface area (Å²) in [6.07, 6.45) is 3.89. The van der Waals surface area contributed by atoms with Gasteiger partial charge in [-0.2, -0.15) is 0 Å². The highest BCUT2D eigenvalue weighted by molar-refractivity contribution is 5.78. The molecule has 1 aromatic carbocycles. The lowest BCUT2D eigenvalue weighted by Crippen LogP contribution is -2.37. The summed E-state index contributed by atoms with van der Waals surface area (Å²) in [7, 11) is 0. The first-order valence-corrected chi connectivity index (χ1v) is 6.57. The van der Waals surface area contributed by atoms with Crippen molar-refractivity contribution in [2.45, 2.75) is 31.5 Å². The Balaban J connectivity index is 1.88. The molecule has 0 saturated carbocycles. The molecule has 3 rings (SSSR count). The van der Waals surface area contributed by atoms with Crippen molar-refractivity contribution >= 4 is 10.9 Å². The highest BCUT2D eigenvalue weighted by Gasteiger charge is 2.24. The fourth-order valence-corrected chi connectivity index (χ4v) is 2.60. The van der Waals surface area contributed by atoms with Crippen LogP contribution < -0.4 is 5.32 Å². The molecular formula is C15H17FN2. The second kappa shape index (κ2) is 5.02. The predicted octanol–water partition coefficient (Wildman–Crippen LogP) is 3.39. The Bertz CT molecular complexity index is 535. The van der Waals surface area contributed by atoms with Gasteiger partial charge in [0.15, 0.2) is 0 Å². The normalized spacial score (nSPS) is 21.9. The summed E-state index contributed by atoms with van der Waals surface area (Å²) >= 11 is 0. The van der Waals surface area contributed by atoms with Crippen molar-refractivity contribution < 1.29 is 4.39 Å². The molecule has 0 bridgehead atoms. The van der Waals surface area contributed by atoms with Crippen LogP contribution in [0.1, 0.15) is 31.0 Å². The molecule has 18 heavy (non-hydrogen) atoms. The molecule has 1 fully saturated rings. The van der Waals surface area contributed by atoms with Gasteiger partial charge in [-0.25, -0.2) is 4.39 Å².